The summed E-state index contributed by atoms with van der Waals surface area (Å²) in [7, 11) is 0. The zero-order valence-electron chi connectivity index (χ0n) is 16.3. The van der Waals surface area contributed by atoms with E-state index in [1.54, 1.807) is 0 Å². The van der Waals surface area contributed by atoms with Crippen LogP contribution < -0.4 is 9.80 Å². The Morgan fingerprint density at radius 1 is 0.367 bits per heavy atom. The number of nitrogens with zero attached hydrogens (tertiary/aromatic N) is 2. The Morgan fingerprint density at radius 3 is 0.767 bits per heavy atom. The lowest BCUT2D eigenvalue weighted by Gasteiger charge is -2.27. The molecule has 0 aliphatic carbocycles. The van der Waals surface area contributed by atoms with Crippen LogP contribution in [0.5, 0.6) is 0 Å². The van der Waals surface area contributed by atoms with Gasteiger partial charge in [-0.1, -0.05) is 72.8 Å². The second kappa shape index (κ2) is 8.88. The molecule has 0 N–H and O–H groups in total. The fraction of sp³-hybridized carbons (Fsp3) is 0. The van der Waals surface area contributed by atoms with Crippen LogP contribution in [0.2, 0.25) is 0 Å². The molecule has 146 valence electrons. The van der Waals surface area contributed by atoms with Crippen molar-refractivity contribution in [2.75, 3.05) is 9.80 Å². The molecule has 0 atom stereocenters. The molecule has 0 saturated heterocycles. The minimum Gasteiger partial charge on any atom is -0.273 e. The van der Waals surface area contributed by atoms with Crippen molar-refractivity contribution in [3.8, 4) is 0 Å². The summed E-state index contributed by atoms with van der Waals surface area (Å²) in [5.41, 5.74) is 2.51. The highest BCUT2D eigenvalue weighted by Crippen LogP contribution is 2.29. The van der Waals surface area contributed by atoms with Gasteiger partial charge >= 0.3 is 11.8 Å². The van der Waals surface area contributed by atoms with Gasteiger partial charge in [-0.2, -0.15) is 0 Å². The third-order valence-electron chi connectivity index (χ3n) is 4.65. The van der Waals surface area contributed by atoms with Gasteiger partial charge in [-0.25, -0.2) is 0 Å². The highest BCUT2D eigenvalue weighted by molar-refractivity contribution is 6.47. The topological polar surface area (TPSA) is 40.6 Å². The van der Waals surface area contributed by atoms with E-state index in [-0.39, 0.29) is 0 Å². The predicted molar refractivity (Wildman–Crippen MR) is 120 cm³/mol. The molecular formula is C26H20N2O2. The van der Waals surface area contributed by atoms with E-state index < -0.39 is 11.8 Å². The number of carbonyl (C=O) groups is 2. The summed E-state index contributed by atoms with van der Waals surface area (Å²) < 4.78 is 0. The number of para-hydroxylation sites is 4. The van der Waals surface area contributed by atoms with E-state index in [0.717, 1.165) is 0 Å². The Bertz CT molecular complexity index is 943. The van der Waals surface area contributed by atoms with Gasteiger partial charge in [0.05, 0.1) is 0 Å². The van der Waals surface area contributed by atoms with Crippen molar-refractivity contribution in [3.63, 3.8) is 0 Å². The first kappa shape index (κ1) is 19.2. The van der Waals surface area contributed by atoms with Gasteiger partial charge in [-0.05, 0) is 48.5 Å². The molecular weight excluding hydrogens is 372 g/mol. The van der Waals surface area contributed by atoms with Crippen molar-refractivity contribution in [2.24, 2.45) is 0 Å². The first-order valence-corrected chi connectivity index (χ1v) is 9.64. The van der Waals surface area contributed by atoms with Crippen LogP contribution in [0.1, 0.15) is 0 Å². The van der Waals surface area contributed by atoms with Gasteiger partial charge in [-0.3, -0.25) is 19.4 Å². The third kappa shape index (κ3) is 3.98. The molecule has 0 saturated carbocycles. The number of benzene rings is 4. The van der Waals surface area contributed by atoms with Crippen molar-refractivity contribution in [2.45, 2.75) is 0 Å². The molecule has 4 heteroatoms. The summed E-state index contributed by atoms with van der Waals surface area (Å²) >= 11 is 0. The Balaban J connectivity index is 1.79. The van der Waals surface area contributed by atoms with Crippen LogP contribution in [0.25, 0.3) is 0 Å². The standard InChI is InChI=1S/C26H20N2O2/c29-25(27(21-13-5-1-6-14-21)22-15-7-2-8-16-22)26(30)28(23-17-9-3-10-18-23)24-19-11-4-12-20-24/h1-20H. The molecule has 0 radical (unpaired) electrons. The maximum Gasteiger partial charge on any atom is 0.321 e. The first-order valence-electron chi connectivity index (χ1n) is 9.64. The summed E-state index contributed by atoms with van der Waals surface area (Å²) in [6.07, 6.45) is 0. The Morgan fingerprint density at radius 2 is 0.567 bits per heavy atom. The molecule has 4 aromatic carbocycles. The maximum atomic E-state index is 13.6. The zero-order valence-corrected chi connectivity index (χ0v) is 16.3. The SMILES string of the molecule is O=C(C(=O)N(c1ccccc1)c1ccccc1)N(c1ccccc1)c1ccccc1. The van der Waals surface area contributed by atoms with E-state index in [1.165, 1.54) is 9.80 Å². The van der Waals surface area contributed by atoms with Gasteiger partial charge in [0.15, 0.2) is 0 Å². The van der Waals surface area contributed by atoms with Crippen LogP contribution in [0.15, 0.2) is 121 Å². The van der Waals surface area contributed by atoms with Crippen molar-refractivity contribution < 1.29 is 9.59 Å². The van der Waals surface area contributed by atoms with Crippen LogP contribution in [-0.2, 0) is 9.59 Å². The summed E-state index contributed by atoms with van der Waals surface area (Å²) in [5.74, 6) is -1.28. The van der Waals surface area contributed by atoms with Gasteiger partial charge < -0.3 is 0 Å². The van der Waals surface area contributed by atoms with E-state index >= 15 is 0 Å². The van der Waals surface area contributed by atoms with Crippen LogP contribution in [-0.4, -0.2) is 11.8 Å². The van der Waals surface area contributed by atoms with Crippen LogP contribution in [0.3, 0.4) is 0 Å². The predicted octanol–water partition coefficient (Wildman–Crippen LogP) is 5.72. The molecule has 30 heavy (non-hydrogen) atoms. The highest BCUT2D eigenvalue weighted by atomic mass is 16.2. The highest BCUT2D eigenvalue weighted by Gasteiger charge is 2.31. The van der Waals surface area contributed by atoms with Crippen molar-refractivity contribution in [3.05, 3.63) is 121 Å². The van der Waals surface area contributed by atoms with Crippen molar-refractivity contribution >= 4 is 34.6 Å². The average molecular weight is 392 g/mol. The number of carbonyl (C=O) groups excluding carboxylic acids is 2. The monoisotopic (exact) mass is 392 g/mol. The van der Waals surface area contributed by atoms with E-state index in [0.29, 0.717) is 22.7 Å². The van der Waals surface area contributed by atoms with Gasteiger partial charge in [0.2, 0.25) is 0 Å². The number of hydrogen-bond donors (Lipinski definition) is 0. The Labute approximate surface area is 175 Å². The molecule has 4 nitrogen and oxygen atoms in total. The molecule has 0 aliphatic heterocycles. The first-order chi connectivity index (χ1) is 14.8. The van der Waals surface area contributed by atoms with Crippen molar-refractivity contribution in [1.82, 2.24) is 0 Å². The van der Waals surface area contributed by atoms with Crippen LogP contribution >= 0.6 is 0 Å². The van der Waals surface area contributed by atoms with Gasteiger partial charge in [0.25, 0.3) is 0 Å². The van der Waals surface area contributed by atoms with Gasteiger partial charge in [-0.15, -0.1) is 0 Å². The lowest BCUT2D eigenvalue weighted by Crippen LogP contribution is -2.41. The molecule has 0 spiro atoms. The minimum atomic E-state index is -0.639. The molecule has 0 fully saturated rings. The molecule has 0 heterocycles. The maximum absolute atomic E-state index is 13.6. The third-order valence-corrected chi connectivity index (χ3v) is 4.65. The lowest BCUT2D eigenvalue weighted by molar-refractivity contribution is -0.135. The summed E-state index contributed by atoms with van der Waals surface area (Å²) in [6, 6.07) is 36.7. The quantitative estimate of drug-likeness (QED) is 0.417. The summed E-state index contributed by atoms with van der Waals surface area (Å²) in [6.45, 7) is 0. The molecule has 0 unspecified atom stereocenters. The number of rotatable bonds is 4. The zero-order chi connectivity index (χ0) is 20.8. The Kier molecular flexibility index (Phi) is 5.67. The number of anilines is 4. The second-order valence-electron chi connectivity index (χ2n) is 6.62. The van der Waals surface area contributed by atoms with Crippen molar-refractivity contribution in [1.29, 1.82) is 0 Å². The van der Waals surface area contributed by atoms with E-state index in [4.69, 9.17) is 0 Å². The molecule has 4 aromatic rings. The molecule has 0 aliphatic rings. The minimum absolute atomic E-state index is 0.628. The fourth-order valence-corrected chi connectivity index (χ4v) is 3.27. The van der Waals surface area contributed by atoms with Gasteiger partial charge in [0.1, 0.15) is 0 Å². The van der Waals surface area contributed by atoms with Crippen LogP contribution in [0.4, 0.5) is 22.7 Å². The van der Waals surface area contributed by atoms with Gasteiger partial charge in [0, 0.05) is 22.7 Å². The molecule has 4 rings (SSSR count). The van der Waals surface area contributed by atoms with E-state index in [9.17, 15) is 9.59 Å². The Hall–Kier alpha value is -4.18. The summed E-state index contributed by atoms with van der Waals surface area (Å²) in [4.78, 5) is 30.0. The average Bonchev–Trinajstić information content (AvgIpc) is 2.82. The van der Waals surface area contributed by atoms with E-state index in [1.807, 2.05) is 121 Å². The van der Waals surface area contributed by atoms with E-state index in [2.05, 4.69) is 0 Å². The second-order valence-corrected chi connectivity index (χ2v) is 6.62. The molecule has 2 amide bonds. The number of amides is 2. The number of hydrogen-bond acceptors (Lipinski definition) is 2. The smallest absolute Gasteiger partial charge is 0.273 e. The normalized spacial score (nSPS) is 10.3. The fourth-order valence-electron chi connectivity index (χ4n) is 3.27. The molecule has 0 bridgehead atoms. The lowest BCUT2D eigenvalue weighted by atomic mass is 10.2. The van der Waals surface area contributed by atoms with Crippen LogP contribution in [0, 0.1) is 0 Å². The summed E-state index contributed by atoms with van der Waals surface area (Å²) in [5, 5.41) is 0. The molecule has 0 aromatic heterocycles. The largest absolute Gasteiger partial charge is 0.321 e.